The molecule has 1 saturated heterocycles. The normalized spacial score (nSPS) is 27.7. The zero-order chi connectivity index (χ0) is 18.8. The van der Waals surface area contributed by atoms with Gasteiger partial charge in [0.15, 0.2) is 0 Å². The van der Waals surface area contributed by atoms with Gasteiger partial charge in [-0.25, -0.2) is 4.68 Å². The number of nitrogens with zero attached hydrogens (tertiary/aromatic N) is 3. The van der Waals surface area contributed by atoms with E-state index in [0.29, 0.717) is 24.2 Å². The number of piperidine rings is 1. The van der Waals surface area contributed by atoms with Gasteiger partial charge in [-0.05, 0) is 96.7 Å². The molecule has 5 nitrogen and oxygen atoms in total. The standard InChI is InChI=1S/C22H36N4O/c1-16(2)25-13-11-19(12-14-25)23-18-7-9-20(10-8-18)26-22(27)15-17-5-3-4-6-21(17)24-26/h15-16,18-20,23H,3-14H2,1-2H3. The minimum Gasteiger partial charge on any atom is -0.311 e. The van der Waals surface area contributed by atoms with E-state index in [1.54, 1.807) is 0 Å². The van der Waals surface area contributed by atoms with Crippen LogP contribution in [0.3, 0.4) is 0 Å². The van der Waals surface area contributed by atoms with Gasteiger partial charge < -0.3 is 10.2 Å². The summed E-state index contributed by atoms with van der Waals surface area (Å²) in [6.45, 7) is 7.04. The van der Waals surface area contributed by atoms with E-state index in [9.17, 15) is 4.79 Å². The molecule has 2 fully saturated rings. The number of aromatic nitrogens is 2. The molecule has 0 radical (unpaired) electrons. The Morgan fingerprint density at radius 3 is 2.37 bits per heavy atom. The van der Waals surface area contributed by atoms with Crippen molar-refractivity contribution in [1.29, 1.82) is 0 Å². The van der Waals surface area contributed by atoms with Gasteiger partial charge in [0.1, 0.15) is 0 Å². The fourth-order valence-corrected chi connectivity index (χ4v) is 5.24. The van der Waals surface area contributed by atoms with Crippen molar-refractivity contribution < 1.29 is 0 Å². The second-order valence-electron chi connectivity index (χ2n) is 9.18. The first kappa shape index (κ1) is 19.1. The average molecular weight is 373 g/mol. The SMILES string of the molecule is CC(C)N1CCC(NC2CCC(n3nc4c(cc3=O)CCCC4)CC2)CC1. The van der Waals surface area contributed by atoms with Crippen molar-refractivity contribution in [3.8, 4) is 0 Å². The highest BCUT2D eigenvalue weighted by Crippen LogP contribution is 2.29. The molecule has 0 amide bonds. The van der Waals surface area contributed by atoms with Gasteiger partial charge in [-0.3, -0.25) is 4.79 Å². The number of hydrogen-bond acceptors (Lipinski definition) is 4. The number of hydrogen-bond donors (Lipinski definition) is 1. The second kappa shape index (κ2) is 8.44. The zero-order valence-corrected chi connectivity index (χ0v) is 17.1. The van der Waals surface area contributed by atoms with E-state index in [4.69, 9.17) is 5.10 Å². The summed E-state index contributed by atoms with van der Waals surface area (Å²) in [5.41, 5.74) is 2.50. The molecular formula is C22H36N4O. The molecule has 1 aromatic rings. The number of aryl methyl sites for hydroxylation is 2. The monoisotopic (exact) mass is 372 g/mol. The third kappa shape index (κ3) is 4.45. The largest absolute Gasteiger partial charge is 0.311 e. The van der Waals surface area contributed by atoms with Crippen LogP contribution in [-0.4, -0.2) is 45.9 Å². The quantitative estimate of drug-likeness (QED) is 0.882. The van der Waals surface area contributed by atoms with Crippen LogP contribution in [0, 0.1) is 0 Å². The molecule has 3 aliphatic rings. The molecule has 2 aliphatic carbocycles. The summed E-state index contributed by atoms with van der Waals surface area (Å²) < 4.78 is 1.82. The molecule has 5 heteroatoms. The predicted octanol–water partition coefficient (Wildman–Crippen LogP) is 3.07. The number of nitrogens with one attached hydrogen (secondary N) is 1. The van der Waals surface area contributed by atoms with E-state index in [1.807, 2.05) is 10.7 Å². The van der Waals surface area contributed by atoms with Crippen molar-refractivity contribution >= 4 is 0 Å². The van der Waals surface area contributed by atoms with Crippen LogP contribution in [0.15, 0.2) is 10.9 Å². The topological polar surface area (TPSA) is 50.2 Å². The fraction of sp³-hybridized carbons (Fsp3) is 0.818. The molecule has 4 rings (SSSR count). The van der Waals surface area contributed by atoms with Crippen LogP contribution < -0.4 is 10.9 Å². The van der Waals surface area contributed by atoms with Gasteiger partial charge in [-0.1, -0.05) is 0 Å². The minimum absolute atomic E-state index is 0.119. The van der Waals surface area contributed by atoms with E-state index in [-0.39, 0.29) is 5.56 Å². The van der Waals surface area contributed by atoms with Gasteiger partial charge in [0, 0.05) is 24.2 Å². The van der Waals surface area contributed by atoms with Gasteiger partial charge in [-0.15, -0.1) is 0 Å². The number of rotatable bonds is 4. The van der Waals surface area contributed by atoms with Crippen LogP contribution in [0.1, 0.15) is 82.5 Å². The third-order valence-electron chi connectivity index (χ3n) is 7.01. The summed E-state index contributed by atoms with van der Waals surface area (Å²) in [6, 6.07) is 4.12. The van der Waals surface area contributed by atoms with Crippen molar-refractivity contribution in [2.45, 2.75) is 102 Å². The molecule has 150 valence electrons. The Bertz CT molecular complexity index is 682. The van der Waals surface area contributed by atoms with Crippen molar-refractivity contribution in [2.24, 2.45) is 0 Å². The lowest BCUT2D eigenvalue weighted by Crippen LogP contribution is -2.48. The first-order valence-electron chi connectivity index (χ1n) is 11.2. The fourth-order valence-electron chi connectivity index (χ4n) is 5.24. The average Bonchev–Trinajstić information content (AvgIpc) is 2.68. The maximum Gasteiger partial charge on any atom is 0.267 e. The van der Waals surface area contributed by atoms with Crippen LogP contribution >= 0.6 is 0 Å². The summed E-state index contributed by atoms with van der Waals surface area (Å²) in [5, 5.41) is 8.70. The highest BCUT2D eigenvalue weighted by molar-refractivity contribution is 5.20. The first-order chi connectivity index (χ1) is 13.1. The number of fused-ring (bicyclic) bond motifs is 1. The Morgan fingerprint density at radius 1 is 1.00 bits per heavy atom. The third-order valence-corrected chi connectivity index (χ3v) is 7.01. The molecule has 1 aromatic heterocycles. The minimum atomic E-state index is 0.119. The Balaban J connectivity index is 1.30. The lowest BCUT2D eigenvalue weighted by Gasteiger charge is -2.38. The van der Waals surface area contributed by atoms with Crippen molar-refractivity contribution in [2.75, 3.05) is 13.1 Å². The Labute approximate surface area is 163 Å². The molecule has 27 heavy (non-hydrogen) atoms. The molecule has 0 atom stereocenters. The molecule has 0 bridgehead atoms. The van der Waals surface area contributed by atoms with Gasteiger partial charge in [0.25, 0.3) is 5.56 Å². The molecule has 1 aliphatic heterocycles. The molecule has 1 N–H and O–H groups in total. The van der Waals surface area contributed by atoms with Gasteiger partial charge in [0.05, 0.1) is 11.7 Å². The molecule has 0 spiro atoms. The summed E-state index contributed by atoms with van der Waals surface area (Å²) in [4.78, 5) is 15.1. The van der Waals surface area contributed by atoms with Gasteiger partial charge in [-0.2, -0.15) is 5.10 Å². The van der Waals surface area contributed by atoms with Crippen molar-refractivity contribution in [3.63, 3.8) is 0 Å². The summed E-state index contributed by atoms with van der Waals surface area (Å²) in [6.07, 6.45) is 11.5. The Hall–Kier alpha value is -1.20. The van der Waals surface area contributed by atoms with E-state index in [0.717, 1.165) is 25.7 Å². The summed E-state index contributed by atoms with van der Waals surface area (Å²) >= 11 is 0. The smallest absolute Gasteiger partial charge is 0.267 e. The van der Waals surface area contributed by atoms with Crippen molar-refractivity contribution in [1.82, 2.24) is 20.0 Å². The summed E-state index contributed by atoms with van der Waals surface area (Å²) in [7, 11) is 0. The lowest BCUT2D eigenvalue weighted by atomic mass is 9.89. The Morgan fingerprint density at radius 2 is 1.67 bits per heavy atom. The predicted molar refractivity (Wildman–Crippen MR) is 109 cm³/mol. The highest BCUT2D eigenvalue weighted by Gasteiger charge is 2.28. The molecule has 2 heterocycles. The first-order valence-corrected chi connectivity index (χ1v) is 11.2. The molecule has 0 aromatic carbocycles. The van der Waals surface area contributed by atoms with Crippen molar-refractivity contribution in [3.05, 3.63) is 27.7 Å². The second-order valence-corrected chi connectivity index (χ2v) is 9.18. The summed E-state index contributed by atoms with van der Waals surface area (Å²) in [5.74, 6) is 0. The van der Waals surface area contributed by atoms with Crippen LogP contribution in [-0.2, 0) is 12.8 Å². The molecular weight excluding hydrogens is 336 g/mol. The zero-order valence-electron chi connectivity index (χ0n) is 17.1. The maximum atomic E-state index is 12.6. The van der Waals surface area contributed by atoms with E-state index < -0.39 is 0 Å². The maximum absolute atomic E-state index is 12.6. The Kier molecular flexibility index (Phi) is 5.98. The number of likely N-dealkylation sites (tertiary alicyclic amines) is 1. The molecule has 0 unspecified atom stereocenters. The van der Waals surface area contributed by atoms with Gasteiger partial charge >= 0.3 is 0 Å². The van der Waals surface area contributed by atoms with Crippen LogP contribution in [0.4, 0.5) is 0 Å². The van der Waals surface area contributed by atoms with E-state index >= 15 is 0 Å². The lowest BCUT2D eigenvalue weighted by molar-refractivity contribution is 0.148. The van der Waals surface area contributed by atoms with Gasteiger partial charge in [0.2, 0.25) is 0 Å². The van der Waals surface area contributed by atoms with E-state index in [2.05, 4.69) is 24.1 Å². The van der Waals surface area contributed by atoms with E-state index in [1.165, 1.54) is 62.9 Å². The van der Waals surface area contributed by atoms with Crippen LogP contribution in [0.2, 0.25) is 0 Å². The van der Waals surface area contributed by atoms with Crippen LogP contribution in [0.5, 0.6) is 0 Å². The van der Waals surface area contributed by atoms with Crippen LogP contribution in [0.25, 0.3) is 0 Å². The molecule has 1 saturated carbocycles. The highest BCUT2D eigenvalue weighted by atomic mass is 16.1.